The van der Waals surface area contributed by atoms with Crippen LogP contribution in [0.4, 0.5) is 8.78 Å². The third-order valence-electron chi connectivity index (χ3n) is 2.42. The Morgan fingerprint density at radius 1 is 1.43 bits per heavy atom. The number of benzene rings is 1. The average Bonchev–Trinajstić information content (AvgIpc) is 2.06. The molecule has 1 aromatic rings. The first-order valence-corrected chi connectivity index (χ1v) is 4.80. The van der Waals surface area contributed by atoms with Crippen molar-refractivity contribution < 1.29 is 13.5 Å². The van der Waals surface area contributed by atoms with Gasteiger partial charge in [-0.2, -0.15) is 12.6 Å². The van der Waals surface area contributed by atoms with Gasteiger partial charge in [-0.25, -0.2) is 8.78 Å². The quantitative estimate of drug-likeness (QED) is 0.656. The Hall–Kier alpha value is -0.770. The van der Waals surface area contributed by atoms with E-state index in [9.17, 15) is 8.78 Å². The van der Waals surface area contributed by atoms with Crippen molar-refractivity contribution in [3.05, 3.63) is 29.3 Å². The molecule has 1 atom stereocenters. The summed E-state index contributed by atoms with van der Waals surface area (Å²) in [4.78, 5) is 0. The number of ether oxygens (including phenoxy) is 1. The van der Waals surface area contributed by atoms with Crippen LogP contribution in [-0.2, 0) is 4.75 Å². The molecule has 0 saturated carbocycles. The summed E-state index contributed by atoms with van der Waals surface area (Å²) in [5.74, 6) is -1.11. The Kier molecular flexibility index (Phi) is 2.18. The largest absolute Gasteiger partial charge is 0.490 e. The molecule has 1 aliphatic heterocycles. The van der Waals surface area contributed by atoms with Gasteiger partial charge in [0.2, 0.25) is 0 Å². The van der Waals surface area contributed by atoms with Crippen molar-refractivity contribution in [1.29, 1.82) is 0 Å². The highest BCUT2D eigenvalue weighted by atomic mass is 32.1. The zero-order valence-corrected chi connectivity index (χ0v) is 8.57. The van der Waals surface area contributed by atoms with Gasteiger partial charge in [-0.05, 0) is 19.4 Å². The highest BCUT2D eigenvalue weighted by molar-refractivity contribution is 7.81. The molecule has 0 amide bonds. The topological polar surface area (TPSA) is 9.23 Å². The second-order valence-electron chi connectivity index (χ2n) is 3.64. The minimum absolute atomic E-state index is 0.134. The van der Waals surface area contributed by atoms with Crippen molar-refractivity contribution in [2.75, 3.05) is 6.61 Å². The van der Waals surface area contributed by atoms with Crippen LogP contribution in [0.15, 0.2) is 12.1 Å². The summed E-state index contributed by atoms with van der Waals surface area (Å²) in [5.41, 5.74) is 0.490. The normalized spacial score (nSPS) is 25.4. The molecule has 2 rings (SSSR count). The van der Waals surface area contributed by atoms with Crippen molar-refractivity contribution in [3.8, 4) is 5.75 Å². The second kappa shape index (κ2) is 3.12. The van der Waals surface area contributed by atoms with Gasteiger partial charge in [0.25, 0.3) is 0 Å². The molecule has 0 saturated heterocycles. The first-order valence-electron chi connectivity index (χ1n) is 4.35. The van der Waals surface area contributed by atoms with Crippen LogP contribution in [0.3, 0.4) is 0 Å². The van der Waals surface area contributed by atoms with E-state index in [4.69, 9.17) is 4.74 Å². The molecule has 1 unspecified atom stereocenters. The van der Waals surface area contributed by atoms with Crippen LogP contribution in [0.1, 0.15) is 18.9 Å². The van der Waals surface area contributed by atoms with Crippen molar-refractivity contribution in [2.45, 2.75) is 18.1 Å². The fourth-order valence-electron chi connectivity index (χ4n) is 1.59. The lowest BCUT2D eigenvalue weighted by molar-refractivity contribution is 0.248. The molecular weight excluding hydrogens is 206 g/mol. The molecule has 76 valence electrons. The zero-order chi connectivity index (χ0) is 10.3. The molecule has 1 heterocycles. The van der Waals surface area contributed by atoms with Crippen LogP contribution in [0, 0.1) is 11.6 Å². The average molecular weight is 216 g/mol. The van der Waals surface area contributed by atoms with E-state index in [1.807, 2.05) is 6.92 Å². The number of fused-ring (bicyclic) bond motifs is 1. The lowest BCUT2D eigenvalue weighted by Gasteiger charge is -2.31. The van der Waals surface area contributed by atoms with Crippen LogP contribution in [-0.4, -0.2) is 6.61 Å². The van der Waals surface area contributed by atoms with E-state index in [2.05, 4.69) is 12.6 Å². The molecule has 0 spiro atoms. The summed E-state index contributed by atoms with van der Waals surface area (Å²) in [6.45, 7) is 2.24. The van der Waals surface area contributed by atoms with Gasteiger partial charge >= 0.3 is 0 Å². The van der Waals surface area contributed by atoms with Gasteiger partial charge in [0, 0.05) is 16.4 Å². The SMILES string of the molecule is CC1(S)CCOc2c(F)cc(F)cc21. The van der Waals surface area contributed by atoms with Gasteiger partial charge in [-0.15, -0.1) is 0 Å². The minimum atomic E-state index is -0.653. The van der Waals surface area contributed by atoms with Gasteiger partial charge in [0.05, 0.1) is 6.61 Å². The number of rotatable bonds is 0. The van der Waals surface area contributed by atoms with E-state index >= 15 is 0 Å². The van der Waals surface area contributed by atoms with Crippen molar-refractivity contribution in [3.63, 3.8) is 0 Å². The maximum atomic E-state index is 13.3. The molecule has 1 nitrogen and oxygen atoms in total. The molecule has 1 aromatic carbocycles. The van der Waals surface area contributed by atoms with E-state index in [0.717, 1.165) is 6.07 Å². The van der Waals surface area contributed by atoms with Gasteiger partial charge in [-0.1, -0.05) is 0 Å². The lowest BCUT2D eigenvalue weighted by atomic mass is 9.93. The number of halogens is 2. The van der Waals surface area contributed by atoms with Crippen molar-refractivity contribution >= 4 is 12.6 Å². The second-order valence-corrected chi connectivity index (χ2v) is 4.62. The first-order chi connectivity index (χ1) is 6.50. The Bertz CT molecular complexity index is 377. The van der Waals surface area contributed by atoms with Crippen LogP contribution < -0.4 is 4.74 Å². The molecule has 4 heteroatoms. The van der Waals surface area contributed by atoms with Crippen LogP contribution >= 0.6 is 12.6 Å². The van der Waals surface area contributed by atoms with Gasteiger partial charge in [0.1, 0.15) is 5.82 Å². The zero-order valence-electron chi connectivity index (χ0n) is 7.68. The van der Waals surface area contributed by atoms with Crippen LogP contribution in [0.2, 0.25) is 0 Å². The summed E-state index contributed by atoms with van der Waals surface area (Å²) in [6.07, 6.45) is 0.645. The predicted molar refractivity (Wildman–Crippen MR) is 52.8 cm³/mol. The summed E-state index contributed by atoms with van der Waals surface area (Å²) in [5, 5.41) is 0. The molecule has 0 aliphatic carbocycles. The maximum absolute atomic E-state index is 13.3. The summed E-state index contributed by atoms with van der Waals surface area (Å²) < 4.78 is 30.9. The van der Waals surface area contributed by atoms with Crippen molar-refractivity contribution in [1.82, 2.24) is 0 Å². The standard InChI is InChI=1S/C10H10F2OS/c1-10(14)2-3-13-9-7(10)4-6(11)5-8(9)12/h4-5,14H,2-3H2,1H3. The molecule has 0 N–H and O–H groups in total. The maximum Gasteiger partial charge on any atom is 0.168 e. The van der Waals surface area contributed by atoms with Crippen molar-refractivity contribution in [2.24, 2.45) is 0 Å². The fourth-order valence-corrected chi connectivity index (χ4v) is 1.85. The van der Waals surface area contributed by atoms with E-state index < -0.39 is 16.4 Å². The molecule has 1 aliphatic rings. The molecular formula is C10H10F2OS. The third kappa shape index (κ3) is 1.47. The number of hydrogen-bond acceptors (Lipinski definition) is 2. The summed E-state index contributed by atoms with van der Waals surface area (Å²) >= 11 is 4.38. The Labute approximate surface area is 86.5 Å². The predicted octanol–water partition coefficient (Wildman–Crippen LogP) is 2.89. The minimum Gasteiger partial charge on any atom is -0.490 e. The van der Waals surface area contributed by atoms with Gasteiger partial charge in [0.15, 0.2) is 11.6 Å². The van der Waals surface area contributed by atoms with Crippen LogP contribution in [0.5, 0.6) is 5.75 Å². The third-order valence-corrected chi connectivity index (χ3v) is 2.89. The van der Waals surface area contributed by atoms with Gasteiger partial charge in [-0.3, -0.25) is 0 Å². The van der Waals surface area contributed by atoms with Gasteiger partial charge < -0.3 is 4.74 Å². The summed E-state index contributed by atoms with van der Waals surface area (Å²) in [7, 11) is 0. The fraction of sp³-hybridized carbons (Fsp3) is 0.400. The molecule has 0 bridgehead atoms. The molecule has 0 aromatic heterocycles. The lowest BCUT2D eigenvalue weighted by Crippen LogP contribution is -2.25. The van der Waals surface area contributed by atoms with Crippen LogP contribution in [0.25, 0.3) is 0 Å². The first kappa shape index (κ1) is 9.77. The number of hydrogen-bond donors (Lipinski definition) is 1. The highest BCUT2D eigenvalue weighted by Crippen LogP contribution is 2.42. The molecule has 0 fully saturated rings. The smallest absolute Gasteiger partial charge is 0.168 e. The monoisotopic (exact) mass is 216 g/mol. The van der Waals surface area contributed by atoms with E-state index in [1.54, 1.807) is 0 Å². The Morgan fingerprint density at radius 2 is 2.14 bits per heavy atom. The number of thiol groups is 1. The van der Waals surface area contributed by atoms with E-state index in [0.29, 0.717) is 18.6 Å². The highest BCUT2D eigenvalue weighted by Gasteiger charge is 2.32. The summed E-state index contributed by atoms with van der Waals surface area (Å²) in [6, 6.07) is 2.11. The molecule has 0 radical (unpaired) electrons. The van der Waals surface area contributed by atoms with E-state index in [1.165, 1.54) is 6.07 Å². The van der Waals surface area contributed by atoms with E-state index in [-0.39, 0.29) is 5.75 Å². The Morgan fingerprint density at radius 3 is 2.86 bits per heavy atom. The molecule has 14 heavy (non-hydrogen) atoms. The Balaban J connectivity index is 2.63.